The lowest BCUT2D eigenvalue weighted by molar-refractivity contribution is -0.207. The van der Waals surface area contributed by atoms with Gasteiger partial charge in [0, 0.05) is 17.5 Å². The normalized spacial score (nSPS) is 46.0. The second-order valence-corrected chi connectivity index (χ2v) is 13.2. The number of aliphatic hydroxyl groups is 1. The van der Waals surface area contributed by atoms with Gasteiger partial charge in [-0.2, -0.15) is 0 Å². The first kappa shape index (κ1) is 24.7. The Morgan fingerprint density at radius 1 is 1.08 bits per heavy atom. The van der Waals surface area contributed by atoms with Crippen molar-refractivity contribution in [1.29, 1.82) is 0 Å². The van der Waals surface area contributed by atoms with E-state index in [0.29, 0.717) is 30.2 Å². The van der Waals surface area contributed by atoms with Crippen LogP contribution in [0.3, 0.4) is 0 Å². The molecule has 6 heteroatoms. The number of hydrogen-bond acceptors (Lipinski definition) is 6. The van der Waals surface area contributed by atoms with Crippen LogP contribution in [-0.4, -0.2) is 35.4 Å². The lowest BCUT2D eigenvalue weighted by Gasteiger charge is -2.63. The molecule has 2 heterocycles. The number of nitrogens with one attached hydrogen (secondary N) is 1. The van der Waals surface area contributed by atoms with E-state index in [1.807, 2.05) is 6.07 Å². The second kappa shape index (κ2) is 8.97. The molecule has 0 amide bonds. The molecule has 6 nitrogen and oxygen atoms in total. The minimum Gasteiger partial charge on any atom is -0.462 e. The Kier molecular flexibility index (Phi) is 6.15. The number of carbonyl (C=O) groups is 1. The highest BCUT2D eigenvalue weighted by molar-refractivity contribution is 5.70. The predicted octanol–water partition coefficient (Wildman–Crippen LogP) is 4.93. The third kappa shape index (κ3) is 3.81. The van der Waals surface area contributed by atoms with Crippen molar-refractivity contribution in [1.82, 2.24) is 5.32 Å². The van der Waals surface area contributed by atoms with E-state index in [4.69, 9.17) is 9.15 Å². The summed E-state index contributed by atoms with van der Waals surface area (Å²) < 4.78 is 11.2. The molecule has 1 saturated heterocycles. The molecule has 198 valence electrons. The van der Waals surface area contributed by atoms with Crippen LogP contribution < -0.4 is 10.9 Å². The standard InChI is InChI=1S/C30H43NO5/c1-28-12-9-22(36-27(33)17-21-4-3-15-31-21)16-20(28)6-7-25-24(28)10-13-29(2)23(11-14-30(25,29)34)19-5-8-26(32)35-18-19/h5,8,18,20-25,31,34H,3-4,6-7,9-17H2,1-2H3/t20-,21?,22+,23-,24+,25-,28+,29-,30+/m1/s1. The summed E-state index contributed by atoms with van der Waals surface area (Å²) in [5, 5.41) is 15.8. The first-order valence-electron chi connectivity index (χ1n) is 14.5. The summed E-state index contributed by atoms with van der Waals surface area (Å²) in [5.41, 5.74) is 0.0683. The van der Waals surface area contributed by atoms with Crippen LogP contribution in [0.25, 0.3) is 0 Å². The van der Waals surface area contributed by atoms with Crippen LogP contribution in [-0.2, 0) is 9.53 Å². The van der Waals surface area contributed by atoms with Crippen molar-refractivity contribution in [3.8, 4) is 0 Å². The van der Waals surface area contributed by atoms with Gasteiger partial charge < -0.3 is 19.6 Å². The molecule has 4 aliphatic carbocycles. The van der Waals surface area contributed by atoms with Gasteiger partial charge in [-0.3, -0.25) is 4.79 Å². The Hall–Kier alpha value is -1.66. The van der Waals surface area contributed by atoms with Gasteiger partial charge in [0.1, 0.15) is 6.10 Å². The molecule has 6 rings (SSSR count). The predicted molar refractivity (Wildman–Crippen MR) is 136 cm³/mol. The molecule has 1 aromatic rings. The Bertz CT molecular complexity index is 1030. The van der Waals surface area contributed by atoms with Crippen LogP contribution in [0.15, 0.2) is 27.6 Å². The zero-order valence-corrected chi connectivity index (χ0v) is 22.0. The maximum absolute atomic E-state index is 12.6. The molecule has 4 saturated carbocycles. The van der Waals surface area contributed by atoms with Gasteiger partial charge in [-0.25, -0.2) is 4.79 Å². The molecule has 0 radical (unpaired) electrons. The summed E-state index contributed by atoms with van der Waals surface area (Å²) in [6, 6.07) is 3.72. The zero-order valence-electron chi connectivity index (χ0n) is 22.0. The molecule has 1 aliphatic heterocycles. The summed E-state index contributed by atoms with van der Waals surface area (Å²) in [4.78, 5) is 24.1. The zero-order chi connectivity index (χ0) is 25.1. The molecule has 2 N–H and O–H groups in total. The van der Waals surface area contributed by atoms with Crippen LogP contribution in [0.2, 0.25) is 0 Å². The van der Waals surface area contributed by atoms with E-state index < -0.39 is 5.60 Å². The largest absolute Gasteiger partial charge is 0.462 e. The maximum atomic E-state index is 12.6. The van der Waals surface area contributed by atoms with Gasteiger partial charge >= 0.3 is 11.6 Å². The third-order valence-electron chi connectivity index (χ3n) is 11.8. The van der Waals surface area contributed by atoms with Gasteiger partial charge in [0.25, 0.3) is 0 Å². The van der Waals surface area contributed by atoms with Crippen molar-refractivity contribution in [2.75, 3.05) is 6.54 Å². The van der Waals surface area contributed by atoms with Crippen LogP contribution in [0.5, 0.6) is 0 Å². The van der Waals surface area contributed by atoms with Crippen molar-refractivity contribution in [3.63, 3.8) is 0 Å². The Morgan fingerprint density at radius 3 is 2.69 bits per heavy atom. The topological polar surface area (TPSA) is 88.8 Å². The minimum atomic E-state index is -0.678. The Labute approximate surface area is 214 Å². The number of ether oxygens (including phenoxy) is 1. The van der Waals surface area contributed by atoms with Crippen molar-refractivity contribution < 1.29 is 19.1 Å². The highest BCUT2D eigenvalue weighted by Gasteiger charge is 2.67. The van der Waals surface area contributed by atoms with E-state index in [9.17, 15) is 14.7 Å². The number of carbonyl (C=O) groups excluding carboxylic acids is 1. The average molecular weight is 498 g/mol. The highest BCUT2D eigenvalue weighted by atomic mass is 16.5. The van der Waals surface area contributed by atoms with E-state index in [1.165, 1.54) is 6.07 Å². The fourth-order valence-corrected chi connectivity index (χ4v) is 9.76. The fourth-order valence-electron chi connectivity index (χ4n) is 9.76. The number of rotatable bonds is 4. The van der Waals surface area contributed by atoms with Crippen LogP contribution in [0, 0.1) is 28.6 Å². The SMILES string of the molecule is C[C@]12CC[C@H](OC(=O)CC3CCCN3)C[C@H]1CC[C@@H]1[C@@H]2CC[C@]2(C)[C@@H](c3ccc(=O)oc3)CC[C@]12O. The molecule has 1 unspecified atom stereocenters. The monoisotopic (exact) mass is 497 g/mol. The Morgan fingerprint density at radius 2 is 1.94 bits per heavy atom. The van der Waals surface area contributed by atoms with Gasteiger partial charge in [-0.1, -0.05) is 13.8 Å². The maximum Gasteiger partial charge on any atom is 0.335 e. The summed E-state index contributed by atoms with van der Waals surface area (Å²) in [6.07, 6.45) is 13.5. The van der Waals surface area contributed by atoms with Gasteiger partial charge in [0.15, 0.2) is 0 Å². The van der Waals surface area contributed by atoms with E-state index in [2.05, 4.69) is 19.2 Å². The molecule has 0 aromatic carbocycles. The van der Waals surface area contributed by atoms with Gasteiger partial charge in [-0.15, -0.1) is 0 Å². The highest BCUT2D eigenvalue weighted by Crippen LogP contribution is 2.70. The third-order valence-corrected chi connectivity index (χ3v) is 11.8. The van der Waals surface area contributed by atoms with Crippen molar-refractivity contribution in [2.45, 2.75) is 115 Å². The number of hydrogen-bond donors (Lipinski definition) is 2. The first-order valence-corrected chi connectivity index (χ1v) is 14.5. The van der Waals surface area contributed by atoms with E-state index in [1.54, 1.807) is 6.26 Å². The van der Waals surface area contributed by atoms with Crippen molar-refractivity contribution in [3.05, 3.63) is 34.4 Å². The minimum absolute atomic E-state index is 0.0341. The van der Waals surface area contributed by atoms with Gasteiger partial charge in [0.2, 0.25) is 0 Å². The molecule has 0 spiro atoms. The summed E-state index contributed by atoms with van der Waals surface area (Å²) in [7, 11) is 0. The molecule has 5 aliphatic rings. The molecule has 9 atom stereocenters. The number of esters is 1. The lowest BCUT2D eigenvalue weighted by Crippen LogP contribution is -2.62. The smallest absolute Gasteiger partial charge is 0.335 e. The van der Waals surface area contributed by atoms with Crippen LogP contribution in [0.4, 0.5) is 0 Å². The van der Waals surface area contributed by atoms with E-state index in [0.717, 1.165) is 82.7 Å². The fraction of sp³-hybridized carbons (Fsp3) is 0.800. The quantitative estimate of drug-likeness (QED) is 0.573. The second-order valence-electron chi connectivity index (χ2n) is 13.2. The lowest BCUT2D eigenvalue weighted by atomic mass is 9.43. The first-order chi connectivity index (χ1) is 17.2. The molecular weight excluding hydrogens is 454 g/mol. The molecule has 36 heavy (non-hydrogen) atoms. The van der Waals surface area contributed by atoms with Gasteiger partial charge in [-0.05, 0) is 118 Å². The molecule has 5 fully saturated rings. The summed E-state index contributed by atoms with van der Waals surface area (Å²) in [6.45, 7) is 5.77. The van der Waals surface area contributed by atoms with Gasteiger partial charge in [0.05, 0.1) is 18.3 Å². The summed E-state index contributed by atoms with van der Waals surface area (Å²) >= 11 is 0. The summed E-state index contributed by atoms with van der Waals surface area (Å²) in [5.74, 6) is 1.58. The van der Waals surface area contributed by atoms with Crippen molar-refractivity contribution in [2.24, 2.45) is 28.6 Å². The Balaban J connectivity index is 1.16. The average Bonchev–Trinajstić information content (AvgIpc) is 3.45. The molecule has 0 bridgehead atoms. The van der Waals surface area contributed by atoms with E-state index in [-0.39, 0.29) is 34.4 Å². The number of fused-ring (bicyclic) bond motifs is 5. The molecular formula is C30H43NO5. The van der Waals surface area contributed by atoms with Crippen molar-refractivity contribution >= 4 is 5.97 Å². The van der Waals surface area contributed by atoms with Crippen LogP contribution in [0.1, 0.15) is 102 Å². The molecule has 1 aromatic heterocycles. The van der Waals surface area contributed by atoms with Crippen LogP contribution >= 0.6 is 0 Å². The van der Waals surface area contributed by atoms with E-state index >= 15 is 0 Å².